The number of alkyl halides is 1. The molecule has 0 spiro atoms. The van der Waals surface area contributed by atoms with Crippen molar-refractivity contribution in [3.63, 3.8) is 0 Å². The van der Waals surface area contributed by atoms with Gasteiger partial charge in [-0.2, -0.15) is 0 Å². The lowest BCUT2D eigenvalue weighted by molar-refractivity contribution is 0.405. The van der Waals surface area contributed by atoms with Crippen molar-refractivity contribution in [3.05, 3.63) is 28.2 Å². The molecule has 1 rings (SSSR count). The second-order valence-electron chi connectivity index (χ2n) is 3.53. The summed E-state index contributed by atoms with van der Waals surface area (Å²) in [7, 11) is 1.66. The Morgan fingerprint density at radius 2 is 2.00 bits per heavy atom. The van der Waals surface area contributed by atoms with Crippen LogP contribution in [0.25, 0.3) is 0 Å². The molecule has 0 N–H and O–H groups in total. The standard InChI is InChI=1S/C11H14BrClO/c1-7(2)11(13)9-6-8(12)4-5-10(9)14-3/h4-7,11H,1-3H3. The number of halogens is 2. The van der Waals surface area contributed by atoms with Crippen LogP contribution in [0.5, 0.6) is 5.75 Å². The van der Waals surface area contributed by atoms with Crippen LogP contribution >= 0.6 is 27.5 Å². The third kappa shape index (κ3) is 2.64. The van der Waals surface area contributed by atoms with E-state index in [1.54, 1.807) is 7.11 Å². The molecule has 0 aliphatic rings. The highest BCUT2D eigenvalue weighted by molar-refractivity contribution is 9.10. The van der Waals surface area contributed by atoms with E-state index in [1.807, 2.05) is 18.2 Å². The molecule has 1 unspecified atom stereocenters. The molecule has 0 heterocycles. The van der Waals surface area contributed by atoms with E-state index in [2.05, 4.69) is 29.8 Å². The van der Waals surface area contributed by atoms with E-state index in [1.165, 1.54) is 0 Å². The molecule has 0 saturated heterocycles. The van der Waals surface area contributed by atoms with Gasteiger partial charge >= 0.3 is 0 Å². The average Bonchev–Trinajstić information content (AvgIpc) is 2.16. The predicted molar refractivity (Wildman–Crippen MR) is 64.1 cm³/mol. The van der Waals surface area contributed by atoms with Gasteiger partial charge in [0.25, 0.3) is 0 Å². The first-order chi connectivity index (χ1) is 6.56. The zero-order valence-electron chi connectivity index (χ0n) is 8.55. The SMILES string of the molecule is COc1ccc(Br)cc1C(Cl)C(C)C. The number of methoxy groups -OCH3 is 1. The average molecular weight is 278 g/mol. The largest absolute Gasteiger partial charge is 0.496 e. The maximum Gasteiger partial charge on any atom is 0.123 e. The van der Waals surface area contributed by atoms with E-state index in [4.69, 9.17) is 16.3 Å². The van der Waals surface area contributed by atoms with Gasteiger partial charge in [-0.15, -0.1) is 11.6 Å². The monoisotopic (exact) mass is 276 g/mol. The van der Waals surface area contributed by atoms with Crippen LogP contribution in [0.15, 0.2) is 22.7 Å². The summed E-state index contributed by atoms with van der Waals surface area (Å²) in [5.74, 6) is 1.24. The summed E-state index contributed by atoms with van der Waals surface area (Å²) in [5.41, 5.74) is 1.04. The smallest absolute Gasteiger partial charge is 0.123 e. The molecule has 14 heavy (non-hydrogen) atoms. The van der Waals surface area contributed by atoms with Crippen molar-refractivity contribution >= 4 is 27.5 Å². The Morgan fingerprint density at radius 1 is 1.36 bits per heavy atom. The minimum atomic E-state index is -0.0116. The van der Waals surface area contributed by atoms with Crippen LogP contribution in [0.3, 0.4) is 0 Å². The molecular formula is C11H14BrClO. The number of hydrogen-bond acceptors (Lipinski definition) is 1. The second-order valence-corrected chi connectivity index (χ2v) is 4.92. The van der Waals surface area contributed by atoms with Gasteiger partial charge in [-0.3, -0.25) is 0 Å². The Hall–Kier alpha value is -0.210. The molecule has 1 nitrogen and oxygen atoms in total. The molecule has 0 bridgehead atoms. The minimum absolute atomic E-state index is 0.0116. The first-order valence-corrected chi connectivity index (χ1v) is 5.76. The van der Waals surface area contributed by atoms with Crippen molar-refractivity contribution in [2.45, 2.75) is 19.2 Å². The summed E-state index contributed by atoms with van der Waals surface area (Å²) in [6, 6.07) is 5.89. The maximum atomic E-state index is 6.30. The highest BCUT2D eigenvalue weighted by Crippen LogP contribution is 2.36. The summed E-state index contributed by atoms with van der Waals surface area (Å²) in [6.45, 7) is 4.19. The van der Waals surface area contributed by atoms with Crippen LogP contribution in [0.4, 0.5) is 0 Å². The lowest BCUT2D eigenvalue weighted by Gasteiger charge is -2.17. The van der Waals surface area contributed by atoms with Crippen LogP contribution in [0, 0.1) is 5.92 Å². The summed E-state index contributed by atoms with van der Waals surface area (Å²) in [5, 5.41) is -0.0116. The van der Waals surface area contributed by atoms with E-state index in [-0.39, 0.29) is 5.38 Å². The molecule has 0 aliphatic carbocycles. The normalized spacial score (nSPS) is 13.0. The van der Waals surface area contributed by atoms with Gasteiger partial charge in [0.1, 0.15) is 5.75 Å². The first kappa shape index (κ1) is 11.9. The Labute approximate surface area is 98.5 Å². The highest BCUT2D eigenvalue weighted by Gasteiger charge is 2.17. The van der Waals surface area contributed by atoms with Gasteiger partial charge in [0.05, 0.1) is 12.5 Å². The summed E-state index contributed by atoms with van der Waals surface area (Å²) < 4.78 is 6.29. The lowest BCUT2D eigenvalue weighted by atomic mass is 10.0. The summed E-state index contributed by atoms with van der Waals surface area (Å²) in [6.07, 6.45) is 0. The minimum Gasteiger partial charge on any atom is -0.496 e. The zero-order chi connectivity index (χ0) is 10.7. The fourth-order valence-corrected chi connectivity index (χ4v) is 1.83. The van der Waals surface area contributed by atoms with Crippen molar-refractivity contribution in [3.8, 4) is 5.75 Å². The van der Waals surface area contributed by atoms with Crippen molar-refractivity contribution in [2.75, 3.05) is 7.11 Å². The number of ether oxygens (including phenoxy) is 1. The van der Waals surface area contributed by atoms with Gasteiger partial charge in [0.2, 0.25) is 0 Å². The van der Waals surface area contributed by atoms with E-state index in [0.717, 1.165) is 15.8 Å². The predicted octanol–water partition coefficient (Wildman–Crippen LogP) is 4.39. The fourth-order valence-electron chi connectivity index (χ4n) is 1.28. The second kappa shape index (κ2) is 5.04. The molecule has 1 aromatic rings. The van der Waals surface area contributed by atoms with Crippen molar-refractivity contribution < 1.29 is 4.74 Å². The molecule has 1 atom stereocenters. The first-order valence-electron chi connectivity index (χ1n) is 4.53. The molecule has 0 aliphatic heterocycles. The van der Waals surface area contributed by atoms with Crippen molar-refractivity contribution in [1.82, 2.24) is 0 Å². The van der Waals surface area contributed by atoms with Crippen LogP contribution in [0.2, 0.25) is 0 Å². The highest BCUT2D eigenvalue weighted by atomic mass is 79.9. The quantitative estimate of drug-likeness (QED) is 0.744. The fraction of sp³-hybridized carbons (Fsp3) is 0.455. The van der Waals surface area contributed by atoms with Crippen molar-refractivity contribution in [2.24, 2.45) is 5.92 Å². The van der Waals surface area contributed by atoms with Gasteiger partial charge in [-0.1, -0.05) is 29.8 Å². The molecule has 0 fully saturated rings. The Bertz CT molecular complexity index is 312. The van der Waals surface area contributed by atoms with Crippen LogP contribution in [-0.4, -0.2) is 7.11 Å². The maximum absolute atomic E-state index is 6.30. The number of benzene rings is 1. The summed E-state index contributed by atoms with van der Waals surface area (Å²) in [4.78, 5) is 0. The van der Waals surface area contributed by atoms with Gasteiger partial charge in [0.15, 0.2) is 0 Å². The number of hydrogen-bond donors (Lipinski definition) is 0. The van der Waals surface area contributed by atoms with Gasteiger partial charge in [-0.25, -0.2) is 0 Å². The van der Waals surface area contributed by atoms with Gasteiger partial charge in [0, 0.05) is 10.0 Å². The molecule has 0 saturated carbocycles. The summed E-state index contributed by atoms with van der Waals surface area (Å²) >= 11 is 9.72. The van der Waals surface area contributed by atoms with Gasteiger partial charge < -0.3 is 4.74 Å². The molecule has 3 heteroatoms. The number of rotatable bonds is 3. The molecular weight excluding hydrogens is 263 g/mol. The molecule has 1 aromatic carbocycles. The van der Waals surface area contributed by atoms with Crippen LogP contribution in [0.1, 0.15) is 24.8 Å². The Morgan fingerprint density at radius 3 is 2.50 bits per heavy atom. The van der Waals surface area contributed by atoms with Gasteiger partial charge in [-0.05, 0) is 24.1 Å². The molecule has 0 aromatic heterocycles. The Balaban J connectivity index is 3.10. The van der Waals surface area contributed by atoms with E-state index < -0.39 is 0 Å². The molecule has 78 valence electrons. The van der Waals surface area contributed by atoms with E-state index in [0.29, 0.717) is 5.92 Å². The third-order valence-corrected chi connectivity index (χ3v) is 3.31. The molecule has 0 radical (unpaired) electrons. The lowest BCUT2D eigenvalue weighted by Crippen LogP contribution is -2.01. The van der Waals surface area contributed by atoms with E-state index >= 15 is 0 Å². The van der Waals surface area contributed by atoms with Crippen LogP contribution < -0.4 is 4.74 Å². The molecule has 0 amide bonds. The van der Waals surface area contributed by atoms with E-state index in [9.17, 15) is 0 Å². The zero-order valence-corrected chi connectivity index (χ0v) is 10.9. The topological polar surface area (TPSA) is 9.23 Å². The van der Waals surface area contributed by atoms with Crippen molar-refractivity contribution in [1.29, 1.82) is 0 Å². The van der Waals surface area contributed by atoms with Crippen LogP contribution in [-0.2, 0) is 0 Å². The Kier molecular flexibility index (Phi) is 4.27. The third-order valence-electron chi connectivity index (χ3n) is 2.07.